The molecule has 2 rings (SSSR count). The number of nitrogens with two attached hydrogens (primary N) is 1. The van der Waals surface area contributed by atoms with Crippen molar-refractivity contribution in [3.8, 4) is 0 Å². The van der Waals surface area contributed by atoms with E-state index in [1.807, 2.05) is 0 Å². The number of aliphatic imine (C=N–C) groups is 1. The van der Waals surface area contributed by atoms with E-state index >= 15 is 0 Å². The summed E-state index contributed by atoms with van der Waals surface area (Å²) in [5.41, 5.74) is 6.14. The van der Waals surface area contributed by atoms with Gasteiger partial charge >= 0.3 is 0 Å². The Bertz CT molecular complexity index is 302. The zero-order valence-corrected chi connectivity index (χ0v) is 13.4. The van der Waals surface area contributed by atoms with E-state index in [1.54, 1.807) is 0 Å². The summed E-state index contributed by atoms with van der Waals surface area (Å²) in [6.07, 6.45) is 6.64. The average molecular weight is 280 g/mol. The van der Waals surface area contributed by atoms with Gasteiger partial charge in [-0.15, -0.1) is 0 Å². The molecule has 0 aromatic rings. The molecule has 0 aliphatic carbocycles. The van der Waals surface area contributed by atoms with Gasteiger partial charge in [0.15, 0.2) is 5.96 Å². The molecule has 2 aliphatic heterocycles. The van der Waals surface area contributed by atoms with Crippen LogP contribution in [0.4, 0.5) is 0 Å². The normalized spacial score (nSPS) is 24.9. The molecular formula is C16H32N4. The van der Waals surface area contributed by atoms with Crippen molar-refractivity contribution in [2.24, 2.45) is 22.6 Å². The summed E-state index contributed by atoms with van der Waals surface area (Å²) in [6, 6.07) is 0. The topological polar surface area (TPSA) is 44.9 Å². The summed E-state index contributed by atoms with van der Waals surface area (Å²) >= 11 is 0. The van der Waals surface area contributed by atoms with Crippen LogP contribution in [0.25, 0.3) is 0 Å². The van der Waals surface area contributed by atoms with Crippen LogP contribution in [0.1, 0.15) is 46.0 Å². The fourth-order valence-corrected chi connectivity index (χ4v) is 3.23. The fraction of sp³-hybridized carbons (Fsp3) is 0.938. The highest BCUT2D eigenvalue weighted by Gasteiger charge is 2.17. The van der Waals surface area contributed by atoms with Crippen LogP contribution >= 0.6 is 0 Å². The molecule has 0 saturated carbocycles. The van der Waals surface area contributed by atoms with Crippen molar-refractivity contribution < 1.29 is 0 Å². The minimum absolute atomic E-state index is 0.607. The lowest BCUT2D eigenvalue weighted by atomic mass is 10.00. The molecule has 116 valence electrons. The third kappa shape index (κ3) is 4.97. The van der Waals surface area contributed by atoms with Gasteiger partial charge < -0.3 is 15.5 Å². The molecule has 0 aromatic heterocycles. The summed E-state index contributed by atoms with van der Waals surface area (Å²) in [5, 5.41) is 0. The molecule has 4 nitrogen and oxygen atoms in total. The van der Waals surface area contributed by atoms with Crippen LogP contribution in [-0.2, 0) is 0 Å². The molecule has 0 spiro atoms. The Morgan fingerprint density at radius 2 is 1.80 bits per heavy atom. The Hall–Kier alpha value is -0.770. The van der Waals surface area contributed by atoms with E-state index in [0.29, 0.717) is 5.92 Å². The molecule has 2 saturated heterocycles. The smallest absolute Gasteiger partial charge is 0.191 e. The predicted molar refractivity (Wildman–Crippen MR) is 85.9 cm³/mol. The van der Waals surface area contributed by atoms with Gasteiger partial charge in [-0.25, -0.2) is 0 Å². The average Bonchev–Trinajstić information content (AvgIpc) is 2.46. The van der Waals surface area contributed by atoms with Gasteiger partial charge in [0.2, 0.25) is 0 Å². The molecule has 1 unspecified atom stereocenters. The number of likely N-dealkylation sites (tertiary alicyclic amines) is 2. The number of rotatable bonds is 4. The second-order valence-electron chi connectivity index (χ2n) is 6.83. The van der Waals surface area contributed by atoms with E-state index < -0.39 is 0 Å². The van der Waals surface area contributed by atoms with E-state index in [2.05, 4.69) is 28.6 Å². The maximum atomic E-state index is 6.14. The highest BCUT2D eigenvalue weighted by molar-refractivity contribution is 5.78. The minimum Gasteiger partial charge on any atom is -0.370 e. The Balaban J connectivity index is 1.70. The first-order valence-corrected chi connectivity index (χ1v) is 8.42. The third-order valence-corrected chi connectivity index (χ3v) is 4.69. The van der Waals surface area contributed by atoms with Crippen molar-refractivity contribution in [2.45, 2.75) is 46.0 Å². The second kappa shape index (κ2) is 7.87. The van der Waals surface area contributed by atoms with Crippen LogP contribution in [0.2, 0.25) is 0 Å². The summed E-state index contributed by atoms with van der Waals surface area (Å²) in [7, 11) is 0. The zero-order valence-electron chi connectivity index (χ0n) is 13.4. The van der Waals surface area contributed by atoms with Crippen LogP contribution in [0.5, 0.6) is 0 Å². The van der Waals surface area contributed by atoms with Crippen LogP contribution in [-0.4, -0.2) is 55.0 Å². The van der Waals surface area contributed by atoms with Gasteiger partial charge in [0.25, 0.3) is 0 Å². The number of piperidine rings is 2. The number of guanidine groups is 1. The molecule has 2 N–H and O–H groups in total. The second-order valence-corrected chi connectivity index (χ2v) is 6.83. The fourth-order valence-electron chi connectivity index (χ4n) is 3.23. The van der Waals surface area contributed by atoms with Gasteiger partial charge in [0, 0.05) is 26.2 Å². The van der Waals surface area contributed by atoms with E-state index in [4.69, 9.17) is 5.73 Å². The first-order chi connectivity index (χ1) is 9.65. The lowest BCUT2D eigenvalue weighted by Crippen LogP contribution is -2.43. The van der Waals surface area contributed by atoms with E-state index in [-0.39, 0.29) is 0 Å². The summed E-state index contributed by atoms with van der Waals surface area (Å²) in [6.45, 7) is 11.4. The van der Waals surface area contributed by atoms with Crippen molar-refractivity contribution in [3.63, 3.8) is 0 Å². The standard InChI is InChI=1S/C16H32N4/c1-14-6-10-20(11-7-14)16(17)18-12-15(2)13-19-8-4-3-5-9-19/h14-15H,3-13H2,1-2H3,(H2,17,18). The number of nitrogens with zero attached hydrogens (tertiary/aromatic N) is 3. The summed E-state index contributed by atoms with van der Waals surface area (Å²) < 4.78 is 0. The number of hydrogen-bond donors (Lipinski definition) is 1. The molecule has 2 heterocycles. The largest absolute Gasteiger partial charge is 0.370 e. The molecule has 0 bridgehead atoms. The molecular weight excluding hydrogens is 248 g/mol. The number of hydrogen-bond acceptors (Lipinski definition) is 2. The Kier molecular flexibility index (Phi) is 6.14. The van der Waals surface area contributed by atoms with Gasteiger partial charge in [-0.1, -0.05) is 20.3 Å². The molecule has 0 aromatic carbocycles. The van der Waals surface area contributed by atoms with E-state index in [0.717, 1.165) is 31.5 Å². The Morgan fingerprint density at radius 3 is 2.45 bits per heavy atom. The first-order valence-electron chi connectivity index (χ1n) is 8.42. The van der Waals surface area contributed by atoms with E-state index in [9.17, 15) is 0 Å². The molecule has 0 radical (unpaired) electrons. The molecule has 2 aliphatic rings. The van der Waals surface area contributed by atoms with Crippen molar-refractivity contribution >= 4 is 5.96 Å². The minimum atomic E-state index is 0.607. The highest BCUT2D eigenvalue weighted by Crippen LogP contribution is 2.16. The first kappa shape index (κ1) is 15.6. The van der Waals surface area contributed by atoms with Gasteiger partial charge in [-0.2, -0.15) is 0 Å². The lowest BCUT2D eigenvalue weighted by molar-refractivity contribution is 0.202. The molecule has 4 heteroatoms. The van der Waals surface area contributed by atoms with Crippen molar-refractivity contribution in [3.05, 3.63) is 0 Å². The van der Waals surface area contributed by atoms with Crippen LogP contribution in [0.15, 0.2) is 4.99 Å². The molecule has 20 heavy (non-hydrogen) atoms. The predicted octanol–water partition coefficient (Wildman–Crippen LogP) is 2.16. The van der Waals surface area contributed by atoms with Crippen molar-refractivity contribution in [2.75, 3.05) is 39.3 Å². The highest BCUT2D eigenvalue weighted by atomic mass is 15.3. The van der Waals surface area contributed by atoms with E-state index in [1.165, 1.54) is 51.7 Å². The van der Waals surface area contributed by atoms with Crippen LogP contribution < -0.4 is 5.73 Å². The van der Waals surface area contributed by atoms with Crippen molar-refractivity contribution in [1.29, 1.82) is 0 Å². The van der Waals surface area contributed by atoms with Crippen molar-refractivity contribution in [1.82, 2.24) is 9.80 Å². The van der Waals surface area contributed by atoms with Gasteiger partial charge in [-0.3, -0.25) is 4.99 Å². The summed E-state index contributed by atoms with van der Waals surface area (Å²) in [5.74, 6) is 2.22. The molecule has 1 atom stereocenters. The van der Waals surface area contributed by atoms with Gasteiger partial charge in [-0.05, 0) is 50.6 Å². The Labute approximate surface area is 124 Å². The zero-order chi connectivity index (χ0) is 14.4. The van der Waals surface area contributed by atoms with Gasteiger partial charge in [0.1, 0.15) is 0 Å². The maximum Gasteiger partial charge on any atom is 0.191 e. The third-order valence-electron chi connectivity index (χ3n) is 4.69. The van der Waals surface area contributed by atoms with Crippen LogP contribution in [0, 0.1) is 11.8 Å². The molecule has 0 amide bonds. The quantitative estimate of drug-likeness (QED) is 0.634. The van der Waals surface area contributed by atoms with Gasteiger partial charge in [0.05, 0.1) is 0 Å². The molecule has 2 fully saturated rings. The lowest BCUT2D eigenvalue weighted by Gasteiger charge is -2.31. The SMILES string of the molecule is CC1CCN(C(N)=NCC(C)CN2CCCCC2)CC1. The monoisotopic (exact) mass is 280 g/mol. The van der Waals surface area contributed by atoms with Crippen LogP contribution in [0.3, 0.4) is 0 Å². The Morgan fingerprint density at radius 1 is 1.15 bits per heavy atom. The summed E-state index contributed by atoms with van der Waals surface area (Å²) in [4.78, 5) is 9.48. The maximum absolute atomic E-state index is 6.14.